The fraction of sp³-hybridized carbons (Fsp3) is 0.0833. The summed E-state index contributed by atoms with van der Waals surface area (Å²) in [5.41, 5.74) is 4.01. The van der Waals surface area contributed by atoms with Gasteiger partial charge in [-0.05, 0) is 17.7 Å². The minimum absolute atomic E-state index is 0.111. The second kappa shape index (κ2) is 4.68. The first kappa shape index (κ1) is 12.2. The number of nitrogens with one attached hydrogen (secondary N) is 1. The molecule has 7 heteroatoms. The van der Waals surface area contributed by atoms with E-state index < -0.39 is 0 Å². The van der Waals surface area contributed by atoms with Crippen molar-refractivity contribution in [2.24, 2.45) is 10.2 Å². The summed E-state index contributed by atoms with van der Waals surface area (Å²) in [6.45, 7) is 0.111. The van der Waals surface area contributed by atoms with Crippen molar-refractivity contribution in [3.05, 3.63) is 39.9 Å². The molecule has 96 valence electrons. The lowest BCUT2D eigenvalue weighted by Crippen LogP contribution is -2.44. The number of carbonyl (C=O) groups is 1. The van der Waals surface area contributed by atoms with E-state index in [1.807, 2.05) is 12.1 Å². The predicted molar refractivity (Wildman–Crippen MR) is 75.0 cm³/mol. The van der Waals surface area contributed by atoms with Crippen molar-refractivity contribution in [1.29, 1.82) is 0 Å². The molecule has 2 aliphatic heterocycles. The Morgan fingerprint density at radius 3 is 2.68 bits per heavy atom. The monoisotopic (exact) mass is 294 g/mol. The van der Waals surface area contributed by atoms with Crippen LogP contribution in [0, 0.1) is 0 Å². The van der Waals surface area contributed by atoms with E-state index in [9.17, 15) is 4.79 Å². The van der Waals surface area contributed by atoms with E-state index >= 15 is 0 Å². The molecule has 0 spiro atoms. The SMILES string of the molecule is O=C1CN2N=CC(c3ccc(Cl)cc3)=C(Cl)C2=NN1. The van der Waals surface area contributed by atoms with Crippen LogP contribution >= 0.6 is 23.2 Å². The molecule has 1 N–H and O–H groups in total. The van der Waals surface area contributed by atoms with Gasteiger partial charge in [0.05, 0.1) is 11.2 Å². The van der Waals surface area contributed by atoms with E-state index in [4.69, 9.17) is 23.2 Å². The first-order chi connectivity index (χ1) is 9.15. The molecule has 0 radical (unpaired) electrons. The molecule has 0 atom stereocenters. The van der Waals surface area contributed by atoms with Gasteiger partial charge in [0.25, 0.3) is 5.91 Å². The predicted octanol–water partition coefficient (Wildman–Crippen LogP) is 2.03. The number of hydrogen-bond acceptors (Lipinski definition) is 4. The summed E-state index contributed by atoms with van der Waals surface area (Å²) in [6, 6.07) is 7.25. The van der Waals surface area contributed by atoms with E-state index in [-0.39, 0.29) is 12.5 Å². The van der Waals surface area contributed by atoms with E-state index in [0.717, 1.165) is 11.1 Å². The molecule has 2 aliphatic rings. The number of halogens is 2. The zero-order valence-electron chi connectivity index (χ0n) is 9.60. The van der Waals surface area contributed by atoms with E-state index in [1.54, 1.807) is 18.3 Å². The van der Waals surface area contributed by atoms with Crippen LogP contribution in [0.25, 0.3) is 5.57 Å². The molecule has 19 heavy (non-hydrogen) atoms. The van der Waals surface area contributed by atoms with Gasteiger partial charge in [0.2, 0.25) is 0 Å². The van der Waals surface area contributed by atoms with E-state index in [1.165, 1.54) is 5.01 Å². The molecule has 0 fully saturated rings. The van der Waals surface area contributed by atoms with Gasteiger partial charge >= 0.3 is 0 Å². The normalized spacial score (nSPS) is 18.1. The number of amides is 1. The summed E-state index contributed by atoms with van der Waals surface area (Å²) < 4.78 is 0. The first-order valence-electron chi connectivity index (χ1n) is 5.49. The molecule has 2 heterocycles. The second-order valence-electron chi connectivity index (χ2n) is 4.01. The highest BCUT2D eigenvalue weighted by Gasteiger charge is 2.27. The molecular formula is C12H8Cl2N4O. The summed E-state index contributed by atoms with van der Waals surface area (Å²) in [6.07, 6.45) is 1.61. The summed E-state index contributed by atoms with van der Waals surface area (Å²) in [7, 11) is 0. The number of amidine groups is 1. The number of carbonyl (C=O) groups excluding carboxylic acids is 1. The number of hydrazone groups is 2. The number of allylic oxidation sites excluding steroid dienone is 1. The van der Waals surface area contributed by atoms with Gasteiger partial charge in [-0.25, -0.2) is 10.4 Å². The molecule has 1 aromatic rings. The van der Waals surface area contributed by atoms with Crippen molar-refractivity contribution in [3.63, 3.8) is 0 Å². The van der Waals surface area contributed by atoms with Gasteiger partial charge in [-0.2, -0.15) is 10.2 Å². The summed E-state index contributed by atoms with van der Waals surface area (Å²) in [5.74, 6) is 0.217. The number of fused-ring (bicyclic) bond motifs is 1. The van der Waals surface area contributed by atoms with Gasteiger partial charge in [-0.1, -0.05) is 35.3 Å². The first-order valence-corrected chi connectivity index (χ1v) is 6.25. The van der Waals surface area contributed by atoms with Crippen molar-refractivity contribution < 1.29 is 4.79 Å². The largest absolute Gasteiger partial charge is 0.271 e. The maximum absolute atomic E-state index is 11.2. The average molecular weight is 295 g/mol. The maximum Gasteiger partial charge on any atom is 0.261 e. The zero-order chi connectivity index (χ0) is 13.4. The van der Waals surface area contributed by atoms with Crippen LogP contribution in [-0.4, -0.2) is 29.5 Å². The van der Waals surface area contributed by atoms with Gasteiger partial charge in [-0.15, -0.1) is 0 Å². The van der Waals surface area contributed by atoms with Gasteiger partial charge in [0.1, 0.15) is 6.54 Å². The Kier molecular flexibility index (Phi) is 3.00. The molecule has 0 aliphatic carbocycles. The molecule has 1 amide bonds. The highest BCUT2D eigenvalue weighted by Crippen LogP contribution is 2.27. The Labute approximate surface area is 119 Å². The molecule has 3 rings (SSSR count). The number of rotatable bonds is 1. The molecule has 0 saturated heterocycles. The Bertz CT molecular complexity index is 634. The highest BCUT2D eigenvalue weighted by molar-refractivity contribution is 6.50. The van der Waals surface area contributed by atoms with Crippen molar-refractivity contribution in [2.75, 3.05) is 6.54 Å². The van der Waals surface area contributed by atoms with Gasteiger partial charge in [0.15, 0.2) is 5.84 Å². The van der Waals surface area contributed by atoms with Crippen molar-refractivity contribution >= 4 is 46.7 Å². The van der Waals surface area contributed by atoms with Crippen molar-refractivity contribution in [1.82, 2.24) is 10.4 Å². The smallest absolute Gasteiger partial charge is 0.261 e. The summed E-state index contributed by atoms with van der Waals surface area (Å²) in [4.78, 5) is 11.2. The van der Waals surface area contributed by atoms with Crippen LogP contribution in [-0.2, 0) is 4.79 Å². The van der Waals surface area contributed by atoms with Crippen LogP contribution in [0.5, 0.6) is 0 Å². The zero-order valence-corrected chi connectivity index (χ0v) is 11.1. The average Bonchev–Trinajstić information content (AvgIpc) is 2.40. The molecule has 5 nitrogen and oxygen atoms in total. The fourth-order valence-corrected chi connectivity index (χ4v) is 2.24. The van der Waals surface area contributed by atoms with Crippen molar-refractivity contribution in [3.8, 4) is 0 Å². The fourth-order valence-electron chi connectivity index (χ4n) is 1.81. The van der Waals surface area contributed by atoms with Crippen LogP contribution in [0.4, 0.5) is 0 Å². The maximum atomic E-state index is 11.2. The summed E-state index contributed by atoms with van der Waals surface area (Å²) in [5, 5.41) is 10.6. The Balaban J connectivity index is 2.03. The van der Waals surface area contributed by atoms with Crippen LogP contribution in [0.2, 0.25) is 5.02 Å². The standard InChI is InChI=1S/C12H8Cl2N4O/c13-8-3-1-7(2-4-8)9-5-15-18-6-10(19)16-17-12(18)11(9)14/h1-5H,6H2,(H,16,19). The molecular weight excluding hydrogens is 287 g/mol. The lowest BCUT2D eigenvalue weighted by atomic mass is 10.1. The minimum Gasteiger partial charge on any atom is -0.271 e. The molecule has 0 saturated carbocycles. The second-order valence-corrected chi connectivity index (χ2v) is 4.82. The Hall–Kier alpha value is -1.85. The van der Waals surface area contributed by atoms with Crippen LogP contribution in [0.3, 0.4) is 0 Å². The topological polar surface area (TPSA) is 57.1 Å². The minimum atomic E-state index is -0.222. The third-order valence-electron chi connectivity index (χ3n) is 2.74. The highest BCUT2D eigenvalue weighted by atomic mass is 35.5. The Morgan fingerprint density at radius 2 is 1.95 bits per heavy atom. The Morgan fingerprint density at radius 1 is 1.21 bits per heavy atom. The number of nitrogens with zero attached hydrogens (tertiary/aromatic N) is 3. The number of benzene rings is 1. The lowest BCUT2D eigenvalue weighted by molar-refractivity contribution is -0.122. The summed E-state index contributed by atoms with van der Waals surface area (Å²) >= 11 is 12.2. The molecule has 0 bridgehead atoms. The van der Waals surface area contributed by atoms with Crippen LogP contribution < -0.4 is 5.43 Å². The van der Waals surface area contributed by atoms with Gasteiger partial charge < -0.3 is 0 Å². The van der Waals surface area contributed by atoms with Gasteiger partial charge in [-0.3, -0.25) is 4.79 Å². The van der Waals surface area contributed by atoms with Gasteiger partial charge in [0, 0.05) is 10.6 Å². The lowest BCUT2D eigenvalue weighted by Gasteiger charge is -2.27. The quantitative estimate of drug-likeness (QED) is 0.862. The van der Waals surface area contributed by atoms with Crippen molar-refractivity contribution in [2.45, 2.75) is 0 Å². The van der Waals surface area contributed by atoms with E-state index in [2.05, 4.69) is 15.6 Å². The third-order valence-corrected chi connectivity index (χ3v) is 3.36. The third kappa shape index (κ3) is 2.22. The molecule has 1 aromatic carbocycles. The van der Waals surface area contributed by atoms with Crippen LogP contribution in [0.1, 0.15) is 5.56 Å². The molecule has 0 unspecified atom stereocenters. The van der Waals surface area contributed by atoms with Crippen LogP contribution in [0.15, 0.2) is 39.5 Å². The van der Waals surface area contributed by atoms with E-state index in [0.29, 0.717) is 15.9 Å². The molecule has 0 aromatic heterocycles. The number of hydrogen-bond donors (Lipinski definition) is 1.